The first-order valence-electron chi connectivity index (χ1n) is 8.98. The number of Topliss-reactive ketones (excluding diaryl/α,β-unsaturated/α-hetero) is 1. The van der Waals surface area contributed by atoms with Crippen LogP contribution in [0, 0.1) is 10.1 Å². The van der Waals surface area contributed by atoms with E-state index in [0.717, 1.165) is 19.3 Å². The zero-order valence-corrected chi connectivity index (χ0v) is 16.5. The second-order valence-corrected chi connectivity index (χ2v) is 8.76. The molecule has 144 valence electrons. The van der Waals surface area contributed by atoms with Gasteiger partial charge in [-0.15, -0.1) is 10.6 Å². The molecule has 0 aliphatic carbocycles. The maximum absolute atomic E-state index is 12.8. The van der Waals surface area contributed by atoms with Crippen LogP contribution in [0.3, 0.4) is 0 Å². The quantitative estimate of drug-likeness (QED) is 0.285. The number of nitro groups is 1. The van der Waals surface area contributed by atoms with Gasteiger partial charge in [0.15, 0.2) is 5.78 Å². The van der Waals surface area contributed by atoms with E-state index >= 15 is 0 Å². The molecule has 0 unspecified atom stereocenters. The standard InChI is InChI=1S/C19H27NO5S/c1-4-5-6-7-8-9-13-17(21)18-14-15-11-10-12-16(20(22)23)19(15)26(18,24-2)25-3/h10-12,14H,4-9,13H2,1-3H3. The topological polar surface area (TPSA) is 78.7 Å². The number of benzene rings is 1. The van der Waals surface area contributed by atoms with Gasteiger partial charge in [0, 0.05) is 18.1 Å². The summed E-state index contributed by atoms with van der Waals surface area (Å²) < 4.78 is 11.3. The summed E-state index contributed by atoms with van der Waals surface area (Å²) in [5, 5.41) is 11.5. The third-order valence-electron chi connectivity index (χ3n) is 4.57. The third-order valence-corrected chi connectivity index (χ3v) is 7.41. The van der Waals surface area contributed by atoms with Gasteiger partial charge in [0.1, 0.15) is 9.80 Å². The van der Waals surface area contributed by atoms with E-state index in [1.54, 1.807) is 18.2 Å². The second kappa shape index (κ2) is 9.30. The lowest BCUT2D eigenvalue weighted by molar-refractivity contribution is -0.387. The van der Waals surface area contributed by atoms with Crippen molar-refractivity contribution in [1.29, 1.82) is 0 Å². The Hall–Kier alpha value is -1.70. The number of allylic oxidation sites excluding steroid dienone is 1. The fourth-order valence-corrected chi connectivity index (χ4v) is 5.84. The van der Waals surface area contributed by atoms with Crippen LogP contribution in [0.4, 0.5) is 5.69 Å². The normalized spacial score (nSPS) is 16.0. The first-order chi connectivity index (χ1) is 12.5. The van der Waals surface area contributed by atoms with Crippen LogP contribution in [0.25, 0.3) is 6.08 Å². The first-order valence-corrected chi connectivity index (χ1v) is 10.5. The highest BCUT2D eigenvalue weighted by Gasteiger charge is 2.43. The number of rotatable bonds is 11. The van der Waals surface area contributed by atoms with E-state index in [0.29, 0.717) is 21.8 Å². The largest absolute Gasteiger partial charge is 0.293 e. The van der Waals surface area contributed by atoms with Gasteiger partial charge in [-0.3, -0.25) is 23.3 Å². The van der Waals surface area contributed by atoms with Gasteiger partial charge < -0.3 is 0 Å². The molecule has 0 radical (unpaired) electrons. The smallest absolute Gasteiger partial charge is 0.293 e. The summed E-state index contributed by atoms with van der Waals surface area (Å²) in [6.45, 7) is 2.17. The fourth-order valence-electron chi connectivity index (χ4n) is 3.25. The van der Waals surface area contributed by atoms with Gasteiger partial charge >= 0.3 is 0 Å². The molecule has 1 aromatic rings. The minimum absolute atomic E-state index is 0.0512. The van der Waals surface area contributed by atoms with Gasteiger partial charge in [0.2, 0.25) is 0 Å². The SMILES string of the molecule is CCCCCCCCC(=O)C1=Cc2cccc([N+](=O)[O-])c2S1(OC)OC. The Bertz CT molecular complexity index is 697. The summed E-state index contributed by atoms with van der Waals surface area (Å²) in [7, 11) is 0.289. The Morgan fingerprint density at radius 2 is 1.77 bits per heavy atom. The molecule has 0 N–H and O–H groups in total. The van der Waals surface area contributed by atoms with Gasteiger partial charge in [-0.2, -0.15) is 0 Å². The molecule has 1 aromatic carbocycles. The molecule has 0 fully saturated rings. The maximum Gasteiger partial charge on any atom is 0.293 e. The number of carbonyl (C=O) groups is 1. The summed E-state index contributed by atoms with van der Waals surface area (Å²) >= 11 is 0. The number of nitro benzene ring substituents is 1. The van der Waals surface area contributed by atoms with Crippen molar-refractivity contribution in [2.24, 2.45) is 0 Å². The molecule has 26 heavy (non-hydrogen) atoms. The van der Waals surface area contributed by atoms with E-state index in [2.05, 4.69) is 6.92 Å². The summed E-state index contributed by atoms with van der Waals surface area (Å²) in [6.07, 6.45) is 8.64. The highest BCUT2D eigenvalue weighted by molar-refractivity contribution is 8.30. The van der Waals surface area contributed by atoms with E-state index in [9.17, 15) is 14.9 Å². The van der Waals surface area contributed by atoms with E-state index in [-0.39, 0.29) is 11.5 Å². The van der Waals surface area contributed by atoms with Crippen molar-refractivity contribution in [1.82, 2.24) is 0 Å². The number of nitrogens with zero attached hydrogens (tertiary/aromatic N) is 1. The van der Waals surface area contributed by atoms with Crippen LogP contribution in [0.5, 0.6) is 0 Å². The van der Waals surface area contributed by atoms with Gasteiger partial charge in [-0.05, 0) is 12.5 Å². The van der Waals surface area contributed by atoms with Crippen molar-refractivity contribution >= 4 is 28.1 Å². The van der Waals surface area contributed by atoms with Crippen LogP contribution in [-0.2, 0) is 13.2 Å². The molecular weight excluding hydrogens is 354 g/mol. The van der Waals surface area contributed by atoms with Gasteiger partial charge in [-0.1, -0.05) is 51.2 Å². The molecule has 0 aromatic heterocycles. The minimum atomic E-state index is -2.59. The number of carbonyl (C=O) groups excluding carboxylic acids is 1. The molecule has 2 rings (SSSR count). The number of unbranched alkanes of at least 4 members (excludes halogenated alkanes) is 5. The maximum atomic E-state index is 12.8. The van der Waals surface area contributed by atoms with Crippen molar-refractivity contribution in [2.75, 3.05) is 14.2 Å². The molecule has 7 heteroatoms. The van der Waals surface area contributed by atoms with Gasteiger partial charge in [0.05, 0.1) is 19.1 Å². The number of ketones is 1. The molecule has 0 amide bonds. The lowest BCUT2D eigenvalue weighted by atomic mass is 10.1. The highest BCUT2D eigenvalue weighted by atomic mass is 32.3. The van der Waals surface area contributed by atoms with Crippen LogP contribution in [-0.4, -0.2) is 24.9 Å². The lowest BCUT2D eigenvalue weighted by Gasteiger charge is -2.38. The molecule has 1 aliphatic rings. The van der Waals surface area contributed by atoms with E-state index in [4.69, 9.17) is 8.37 Å². The lowest BCUT2D eigenvalue weighted by Crippen LogP contribution is -2.13. The Labute approximate surface area is 156 Å². The molecule has 0 atom stereocenters. The third kappa shape index (κ3) is 4.00. The molecule has 0 bridgehead atoms. The van der Waals surface area contributed by atoms with Crippen LogP contribution < -0.4 is 0 Å². The second-order valence-electron chi connectivity index (χ2n) is 6.24. The van der Waals surface area contributed by atoms with Crippen LogP contribution >= 0.6 is 10.6 Å². The Balaban J connectivity index is 2.20. The zero-order valence-electron chi connectivity index (χ0n) is 15.7. The highest BCUT2D eigenvalue weighted by Crippen LogP contribution is 2.70. The van der Waals surface area contributed by atoms with Crippen molar-refractivity contribution in [2.45, 2.75) is 56.8 Å². The Kier molecular flexibility index (Phi) is 7.37. The van der Waals surface area contributed by atoms with Gasteiger partial charge in [-0.25, -0.2) is 0 Å². The fraction of sp³-hybridized carbons (Fsp3) is 0.526. The van der Waals surface area contributed by atoms with Crippen molar-refractivity contribution in [3.05, 3.63) is 38.8 Å². The molecule has 1 aliphatic heterocycles. The predicted molar refractivity (Wildman–Crippen MR) is 104 cm³/mol. The first kappa shape index (κ1) is 20.6. The van der Waals surface area contributed by atoms with Gasteiger partial charge in [0.25, 0.3) is 5.69 Å². The molecule has 0 spiro atoms. The number of fused-ring (bicyclic) bond motifs is 1. The van der Waals surface area contributed by atoms with E-state index in [1.165, 1.54) is 39.5 Å². The summed E-state index contributed by atoms with van der Waals surface area (Å²) in [4.78, 5) is 24.6. The molecular formula is C19H27NO5S. The van der Waals surface area contributed by atoms with Crippen molar-refractivity contribution < 1.29 is 18.1 Å². The summed E-state index contributed by atoms with van der Waals surface area (Å²) in [5.74, 6) is -0.0512. The van der Waals surface area contributed by atoms with Crippen molar-refractivity contribution in [3.8, 4) is 0 Å². The summed E-state index contributed by atoms with van der Waals surface area (Å²) in [5.41, 5.74) is 0.559. The van der Waals surface area contributed by atoms with Crippen molar-refractivity contribution in [3.63, 3.8) is 0 Å². The number of hydrogen-bond donors (Lipinski definition) is 0. The molecule has 0 saturated carbocycles. The average Bonchev–Trinajstić information content (AvgIpc) is 2.99. The van der Waals surface area contributed by atoms with Crippen LogP contribution in [0.15, 0.2) is 28.0 Å². The van der Waals surface area contributed by atoms with E-state index < -0.39 is 15.5 Å². The van der Waals surface area contributed by atoms with E-state index in [1.807, 2.05) is 0 Å². The summed E-state index contributed by atoms with van der Waals surface area (Å²) in [6, 6.07) is 4.80. The Morgan fingerprint density at radius 3 is 2.38 bits per heavy atom. The monoisotopic (exact) mass is 381 g/mol. The average molecular weight is 381 g/mol. The Morgan fingerprint density at radius 1 is 1.12 bits per heavy atom. The molecule has 1 heterocycles. The minimum Gasteiger partial charge on any atom is -0.293 e. The van der Waals surface area contributed by atoms with Crippen LogP contribution in [0.2, 0.25) is 0 Å². The molecule has 0 saturated heterocycles. The number of hydrogen-bond acceptors (Lipinski definition) is 5. The molecule has 6 nitrogen and oxygen atoms in total. The zero-order chi connectivity index (χ0) is 19.2. The van der Waals surface area contributed by atoms with Crippen LogP contribution in [0.1, 0.15) is 57.4 Å². The predicted octanol–water partition coefficient (Wildman–Crippen LogP) is 5.56.